The quantitative estimate of drug-likeness (QED) is 0.869. The Balaban J connectivity index is 2.53. The predicted molar refractivity (Wildman–Crippen MR) is 77.9 cm³/mol. The molecule has 0 saturated carbocycles. The lowest BCUT2D eigenvalue weighted by Crippen LogP contribution is -2.29. The Morgan fingerprint density at radius 1 is 1.50 bits per heavy atom. The van der Waals surface area contributed by atoms with Crippen molar-refractivity contribution in [1.29, 1.82) is 0 Å². The molecule has 1 heterocycles. The zero-order valence-corrected chi connectivity index (χ0v) is 12.9. The van der Waals surface area contributed by atoms with Gasteiger partial charge in [-0.3, -0.25) is 0 Å². The van der Waals surface area contributed by atoms with E-state index in [9.17, 15) is 4.39 Å². The normalized spacial score (nSPS) is 13.4. The largest absolute Gasteiger partial charge is 0.330 e. The van der Waals surface area contributed by atoms with Gasteiger partial charge in [0, 0.05) is 18.7 Å². The highest BCUT2D eigenvalue weighted by molar-refractivity contribution is 9.10. The molecule has 0 bridgehead atoms. The summed E-state index contributed by atoms with van der Waals surface area (Å²) in [6.45, 7) is 2.89. The highest BCUT2D eigenvalue weighted by Gasteiger charge is 2.12. The number of nitrogens with zero attached hydrogens (tertiary/aromatic N) is 2. The molecule has 1 aromatic heterocycles. The topological polar surface area (TPSA) is 24.0 Å². The van der Waals surface area contributed by atoms with Crippen LogP contribution in [0.1, 0.15) is 6.92 Å². The van der Waals surface area contributed by atoms with Gasteiger partial charge in [-0.25, -0.2) is 4.39 Å². The highest BCUT2D eigenvalue weighted by atomic mass is 79.9. The summed E-state index contributed by atoms with van der Waals surface area (Å²) < 4.78 is 16.5. The summed E-state index contributed by atoms with van der Waals surface area (Å²) in [4.78, 5) is 5.16. The molecule has 3 nitrogen and oxygen atoms in total. The SMILES string of the molecule is CC(Cn1c(=S)[nH]c2cc(F)c(Br)cc21)N(C)C. The van der Waals surface area contributed by atoms with Crippen molar-refractivity contribution in [1.82, 2.24) is 14.5 Å². The average molecular weight is 332 g/mol. The number of nitrogens with one attached hydrogen (secondary N) is 1. The average Bonchev–Trinajstić information content (AvgIpc) is 2.56. The maximum absolute atomic E-state index is 13.5. The second-order valence-corrected chi connectivity index (χ2v) is 5.88. The van der Waals surface area contributed by atoms with Crippen LogP contribution in [0.2, 0.25) is 0 Å². The number of fused-ring (bicyclic) bond motifs is 1. The van der Waals surface area contributed by atoms with Crippen molar-refractivity contribution < 1.29 is 4.39 Å². The summed E-state index contributed by atoms with van der Waals surface area (Å²) in [5.74, 6) is -0.286. The standard InChI is InChI=1S/C12H15BrFN3S/c1-7(16(2)3)6-17-11-4-8(13)9(14)5-10(11)15-12(17)18/h4-5,7H,6H2,1-3H3,(H,15,18). The first-order valence-corrected chi connectivity index (χ1v) is 6.84. The Labute approximate surface area is 119 Å². The van der Waals surface area contributed by atoms with Gasteiger partial charge in [0.2, 0.25) is 0 Å². The first kappa shape index (κ1) is 13.7. The van der Waals surface area contributed by atoms with Crippen molar-refractivity contribution in [3.8, 4) is 0 Å². The van der Waals surface area contributed by atoms with E-state index in [1.165, 1.54) is 6.07 Å². The molecule has 1 atom stereocenters. The van der Waals surface area contributed by atoms with Crippen molar-refractivity contribution in [3.63, 3.8) is 0 Å². The molecule has 98 valence electrons. The third kappa shape index (κ3) is 2.50. The van der Waals surface area contributed by atoms with E-state index in [-0.39, 0.29) is 5.82 Å². The molecule has 2 rings (SSSR count). The Morgan fingerprint density at radius 2 is 2.17 bits per heavy atom. The maximum Gasteiger partial charge on any atom is 0.178 e. The molecular weight excluding hydrogens is 317 g/mol. The van der Waals surface area contributed by atoms with Gasteiger partial charge in [0.25, 0.3) is 0 Å². The molecule has 1 N–H and O–H groups in total. The van der Waals surface area contributed by atoms with E-state index in [4.69, 9.17) is 12.2 Å². The molecule has 0 aliphatic carbocycles. The molecule has 18 heavy (non-hydrogen) atoms. The molecule has 0 fully saturated rings. The minimum Gasteiger partial charge on any atom is -0.330 e. The Bertz CT molecular complexity index is 632. The van der Waals surface area contributed by atoms with Crippen molar-refractivity contribution >= 4 is 39.2 Å². The first-order chi connectivity index (χ1) is 8.40. The summed E-state index contributed by atoms with van der Waals surface area (Å²) in [5.41, 5.74) is 1.65. The molecule has 1 unspecified atom stereocenters. The van der Waals surface area contributed by atoms with Gasteiger partial charge in [-0.2, -0.15) is 0 Å². The summed E-state index contributed by atoms with van der Waals surface area (Å²) in [6, 6.07) is 3.57. The summed E-state index contributed by atoms with van der Waals surface area (Å²) in [5, 5.41) is 0. The number of aromatic nitrogens is 2. The lowest BCUT2D eigenvalue weighted by Gasteiger charge is -2.20. The molecule has 2 aromatic rings. The number of likely N-dealkylation sites (N-methyl/N-ethyl adjacent to an activating group) is 1. The lowest BCUT2D eigenvalue weighted by molar-refractivity contribution is 0.285. The summed E-state index contributed by atoms with van der Waals surface area (Å²) in [7, 11) is 4.05. The van der Waals surface area contributed by atoms with Gasteiger partial charge in [-0.05, 0) is 55.2 Å². The second-order valence-electron chi connectivity index (χ2n) is 4.64. The molecule has 6 heteroatoms. The number of hydrogen-bond donors (Lipinski definition) is 1. The zero-order chi connectivity index (χ0) is 13.4. The maximum atomic E-state index is 13.5. The van der Waals surface area contributed by atoms with Gasteiger partial charge in [-0.1, -0.05) is 0 Å². The van der Waals surface area contributed by atoms with Crippen LogP contribution in [-0.4, -0.2) is 34.6 Å². The van der Waals surface area contributed by atoms with Crippen LogP contribution in [0.3, 0.4) is 0 Å². The van der Waals surface area contributed by atoms with Gasteiger partial charge < -0.3 is 14.5 Å². The molecule has 0 radical (unpaired) electrons. The fourth-order valence-corrected chi connectivity index (χ4v) is 2.37. The molecule has 0 aliphatic rings. The third-order valence-electron chi connectivity index (χ3n) is 3.14. The Morgan fingerprint density at radius 3 is 2.78 bits per heavy atom. The zero-order valence-electron chi connectivity index (χ0n) is 10.5. The summed E-state index contributed by atoms with van der Waals surface area (Å²) in [6.07, 6.45) is 0. The number of H-pyrrole nitrogens is 1. The molecule has 0 aliphatic heterocycles. The number of benzene rings is 1. The van der Waals surface area contributed by atoms with E-state index in [1.54, 1.807) is 6.07 Å². The molecule has 0 saturated heterocycles. The van der Waals surface area contributed by atoms with E-state index in [0.717, 1.165) is 17.6 Å². The van der Waals surface area contributed by atoms with Crippen LogP contribution in [0, 0.1) is 10.6 Å². The van der Waals surface area contributed by atoms with Crippen LogP contribution >= 0.6 is 28.1 Å². The lowest BCUT2D eigenvalue weighted by atomic mass is 10.2. The van der Waals surface area contributed by atoms with Crippen molar-refractivity contribution in [2.75, 3.05) is 14.1 Å². The number of hydrogen-bond acceptors (Lipinski definition) is 2. The van der Waals surface area contributed by atoms with Crippen LogP contribution < -0.4 is 0 Å². The van der Waals surface area contributed by atoms with Gasteiger partial charge in [0.05, 0.1) is 15.5 Å². The van der Waals surface area contributed by atoms with Gasteiger partial charge in [0.15, 0.2) is 4.77 Å². The molecule has 0 amide bonds. The smallest absolute Gasteiger partial charge is 0.178 e. The third-order valence-corrected chi connectivity index (χ3v) is 4.07. The van der Waals surface area contributed by atoms with Crippen molar-refractivity contribution in [2.45, 2.75) is 19.5 Å². The van der Waals surface area contributed by atoms with E-state index < -0.39 is 0 Å². The number of imidazole rings is 1. The monoisotopic (exact) mass is 331 g/mol. The summed E-state index contributed by atoms with van der Waals surface area (Å²) >= 11 is 8.50. The predicted octanol–water partition coefficient (Wildman–Crippen LogP) is 3.55. The Hall–Kier alpha value is -0.720. The van der Waals surface area contributed by atoms with Gasteiger partial charge in [0.1, 0.15) is 5.82 Å². The molecule has 1 aromatic carbocycles. The second kappa shape index (κ2) is 5.11. The van der Waals surface area contributed by atoms with Crippen LogP contribution in [-0.2, 0) is 6.54 Å². The van der Waals surface area contributed by atoms with Crippen LogP contribution in [0.5, 0.6) is 0 Å². The minimum absolute atomic E-state index is 0.286. The van der Waals surface area contributed by atoms with E-state index in [1.807, 2.05) is 18.7 Å². The number of aromatic amines is 1. The van der Waals surface area contributed by atoms with Crippen molar-refractivity contribution in [3.05, 3.63) is 27.2 Å². The van der Waals surface area contributed by atoms with Crippen molar-refractivity contribution in [2.24, 2.45) is 0 Å². The first-order valence-electron chi connectivity index (χ1n) is 5.64. The molecule has 0 spiro atoms. The fraction of sp³-hybridized carbons (Fsp3) is 0.417. The van der Waals surface area contributed by atoms with Gasteiger partial charge >= 0.3 is 0 Å². The minimum atomic E-state index is -0.286. The number of rotatable bonds is 3. The number of halogens is 2. The van der Waals surface area contributed by atoms with Crippen LogP contribution in [0.25, 0.3) is 11.0 Å². The fourth-order valence-electron chi connectivity index (χ4n) is 1.76. The van der Waals surface area contributed by atoms with Gasteiger partial charge in [-0.15, -0.1) is 0 Å². The highest BCUT2D eigenvalue weighted by Crippen LogP contribution is 2.23. The van der Waals surface area contributed by atoms with E-state index in [0.29, 0.717) is 15.3 Å². The van der Waals surface area contributed by atoms with Crippen LogP contribution in [0.15, 0.2) is 16.6 Å². The van der Waals surface area contributed by atoms with E-state index in [2.05, 4.69) is 32.7 Å². The van der Waals surface area contributed by atoms with Crippen LogP contribution in [0.4, 0.5) is 4.39 Å². The molecular formula is C12H15BrFN3S. The Kier molecular flexibility index (Phi) is 3.89. The van der Waals surface area contributed by atoms with E-state index >= 15 is 0 Å².